The summed E-state index contributed by atoms with van der Waals surface area (Å²) in [7, 11) is 0. The summed E-state index contributed by atoms with van der Waals surface area (Å²) >= 11 is 0. The number of benzene rings is 1. The van der Waals surface area contributed by atoms with Gasteiger partial charge >= 0.3 is 0 Å². The third kappa shape index (κ3) is 3.45. The number of hydrogen-bond donors (Lipinski definition) is 0. The molecule has 1 saturated heterocycles. The maximum Gasteiger partial charge on any atom is 0.191 e. The Morgan fingerprint density at radius 3 is 2.59 bits per heavy atom. The fourth-order valence-electron chi connectivity index (χ4n) is 1.72. The minimum atomic E-state index is -0.215. The first-order valence-electron chi connectivity index (χ1n) is 6.02. The Labute approximate surface area is 103 Å². The van der Waals surface area contributed by atoms with Crippen molar-refractivity contribution in [2.75, 3.05) is 19.8 Å². The smallest absolute Gasteiger partial charge is 0.191 e. The quantitative estimate of drug-likeness (QED) is 0.807. The van der Waals surface area contributed by atoms with Gasteiger partial charge < -0.3 is 14.2 Å². The van der Waals surface area contributed by atoms with E-state index in [2.05, 4.69) is 32.9 Å². The van der Waals surface area contributed by atoms with Crippen LogP contribution in [0.1, 0.15) is 26.3 Å². The van der Waals surface area contributed by atoms with Crippen molar-refractivity contribution < 1.29 is 14.2 Å². The average molecular weight is 236 g/mol. The van der Waals surface area contributed by atoms with Crippen LogP contribution in [0.25, 0.3) is 0 Å². The highest BCUT2D eigenvalue weighted by Crippen LogP contribution is 2.25. The van der Waals surface area contributed by atoms with Crippen LogP contribution in [-0.2, 0) is 14.9 Å². The van der Waals surface area contributed by atoms with Gasteiger partial charge in [-0.1, -0.05) is 32.9 Å². The van der Waals surface area contributed by atoms with E-state index < -0.39 is 0 Å². The summed E-state index contributed by atoms with van der Waals surface area (Å²) in [6.07, 6.45) is -0.215. The molecule has 0 unspecified atom stereocenters. The molecule has 2 rings (SSSR count). The summed E-state index contributed by atoms with van der Waals surface area (Å²) in [5, 5.41) is 0. The zero-order chi connectivity index (χ0) is 12.3. The Morgan fingerprint density at radius 2 is 1.94 bits per heavy atom. The van der Waals surface area contributed by atoms with Gasteiger partial charge in [-0.05, 0) is 23.1 Å². The molecule has 0 spiro atoms. The van der Waals surface area contributed by atoms with Crippen LogP contribution >= 0.6 is 0 Å². The topological polar surface area (TPSA) is 27.7 Å². The van der Waals surface area contributed by atoms with Crippen LogP contribution in [0.4, 0.5) is 0 Å². The highest BCUT2D eigenvalue weighted by atomic mass is 16.7. The summed E-state index contributed by atoms with van der Waals surface area (Å²) in [5.41, 5.74) is 1.41. The maximum atomic E-state index is 5.68. The van der Waals surface area contributed by atoms with Gasteiger partial charge in [0.1, 0.15) is 12.4 Å². The lowest BCUT2D eigenvalue weighted by atomic mass is 9.87. The zero-order valence-corrected chi connectivity index (χ0v) is 10.7. The molecule has 1 aromatic carbocycles. The molecule has 17 heavy (non-hydrogen) atoms. The van der Waals surface area contributed by atoms with Crippen molar-refractivity contribution in [2.45, 2.75) is 32.5 Å². The minimum Gasteiger partial charge on any atom is -0.488 e. The lowest BCUT2D eigenvalue weighted by Gasteiger charge is -2.20. The molecule has 1 aliphatic rings. The van der Waals surface area contributed by atoms with Crippen LogP contribution < -0.4 is 4.74 Å². The van der Waals surface area contributed by atoms with Crippen molar-refractivity contribution in [3.63, 3.8) is 0 Å². The Bertz CT molecular complexity index is 362. The van der Waals surface area contributed by atoms with Gasteiger partial charge in [0, 0.05) is 0 Å². The van der Waals surface area contributed by atoms with Crippen molar-refractivity contribution in [1.29, 1.82) is 0 Å². The molecule has 0 bridgehead atoms. The lowest BCUT2D eigenvalue weighted by Crippen LogP contribution is -2.18. The molecule has 3 nitrogen and oxygen atoms in total. The lowest BCUT2D eigenvalue weighted by molar-refractivity contribution is -0.0684. The van der Waals surface area contributed by atoms with Gasteiger partial charge in [0.25, 0.3) is 0 Å². The number of ether oxygens (including phenoxy) is 3. The predicted molar refractivity (Wildman–Crippen MR) is 66.3 cm³/mol. The predicted octanol–water partition coefficient (Wildman–Crippen LogP) is 2.74. The Hall–Kier alpha value is -1.06. The van der Waals surface area contributed by atoms with Crippen LogP contribution in [0.3, 0.4) is 0 Å². The standard InChI is InChI=1S/C14H20O3/c1-14(2,3)11-5-4-6-12(9-11)17-10-13-15-7-8-16-13/h4-6,9,13H,7-8,10H2,1-3H3. The molecule has 1 fully saturated rings. The molecular formula is C14H20O3. The van der Waals surface area contributed by atoms with E-state index in [4.69, 9.17) is 14.2 Å². The summed E-state index contributed by atoms with van der Waals surface area (Å²) in [5.74, 6) is 0.872. The normalized spacial score (nSPS) is 17.4. The number of rotatable bonds is 3. The van der Waals surface area contributed by atoms with Gasteiger partial charge in [-0.2, -0.15) is 0 Å². The fourth-order valence-corrected chi connectivity index (χ4v) is 1.72. The second kappa shape index (κ2) is 5.07. The van der Waals surface area contributed by atoms with E-state index in [-0.39, 0.29) is 11.7 Å². The van der Waals surface area contributed by atoms with Gasteiger partial charge in [-0.25, -0.2) is 0 Å². The molecular weight excluding hydrogens is 216 g/mol. The second-order valence-electron chi connectivity index (χ2n) is 5.26. The van der Waals surface area contributed by atoms with Crippen LogP contribution in [0, 0.1) is 0 Å². The third-order valence-corrected chi connectivity index (χ3v) is 2.78. The first-order valence-corrected chi connectivity index (χ1v) is 6.02. The third-order valence-electron chi connectivity index (χ3n) is 2.78. The van der Waals surface area contributed by atoms with E-state index in [0.717, 1.165) is 5.75 Å². The van der Waals surface area contributed by atoms with Gasteiger partial charge in [-0.3, -0.25) is 0 Å². The summed E-state index contributed by atoms with van der Waals surface area (Å²) in [6.45, 7) is 8.35. The van der Waals surface area contributed by atoms with Crippen molar-refractivity contribution in [3.8, 4) is 5.75 Å². The van der Waals surface area contributed by atoms with Crippen molar-refractivity contribution >= 4 is 0 Å². The Kier molecular flexibility index (Phi) is 3.69. The SMILES string of the molecule is CC(C)(C)c1cccc(OCC2OCCO2)c1. The Morgan fingerprint density at radius 1 is 1.24 bits per heavy atom. The molecule has 0 saturated carbocycles. The van der Waals surface area contributed by atoms with Crippen LogP contribution in [0.15, 0.2) is 24.3 Å². The van der Waals surface area contributed by atoms with Crippen molar-refractivity contribution in [3.05, 3.63) is 29.8 Å². The Balaban J connectivity index is 1.96. The summed E-state index contributed by atoms with van der Waals surface area (Å²) in [4.78, 5) is 0. The monoisotopic (exact) mass is 236 g/mol. The molecule has 0 aliphatic carbocycles. The van der Waals surface area contributed by atoms with Crippen molar-refractivity contribution in [2.24, 2.45) is 0 Å². The van der Waals surface area contributed by atoms with E-state index in [1.54, 1.807) is 0 Å². The average Bonchev–Trinajstić information content (AvgIpc) is 2.78. The van der Waals surface area contributed by atoms with Gasteiger partial charge in [0.15, 0.2) is 6.29 Å². The summed E-state index contributed by atoms with van der Waals surface area (Å²) < 4.78 is 16.3. The summed E-state index contributed by atoms with van der Waals surface area (Å²) in [6, 6.07) is 8.18. The highest BCUT2D eigenvalue weighted by molar-refractivity contribution is 5.32. The van der Waals surface area contributed by atoms with Crippen LogP contribution in [0.2, 0.25) is 0 Å². The molecule has 1 aromatic rings. The van der Waals surface area contributed by atoms with E-state index >= 15 is 0 Å². The van der Waals surface area contributed by atoms with Gasteiger partial charge in [0.05, 0.1) is 13.2 Å². The van der Waals surface area contributed by atoms with Gasteiger partial charge in [0.2, 0.25) is 0 Å². The van der Waals surface area contributed by atoms with E-state index in [9.17, 15) is 0 Å². The number of hydrogen-bond acceptors (Lipinski definition) is 3. The largest absolute Gasteiger partial charge is 0.488 e. The molecule has 94 valence electrons. The minimum absolute atomic E-state index is 0.139. The molecule has 0 atom stereocenters. The molecule has 0 N–H and O–H groups in total. The van der Waals surface area contributed by atoms with Crippen molar-refractivity contribution in [1.82, 2.24) is 0 Å². The fraction of sp³-hybridized carbons (Fsp3) is 0.571. The van der Waals surface area contributed by atoms with E-state index in [1.807, 2.05) is 12.1 Å². The van der Waals surface area contributed by atoms with Crippen LogP contribution in [-0.4, -0.2) is 26.1 Å². The molecule has 0 radical (unpaired) electrons. The van der Waals surface area contributed by atoms with E-state index in [0.29, 0.717) is 19.8 Å². The molecule has 1 aliphatic heterocycles. The molecule has 3 heteroatoms. The van der Waals surface area contributed by atoms with E-state index in [1.165, 1.54) is 5.56 Å². The first kappa shape index (κ1) is 12.4. The second-order valence-corrected chi connectivity index (χ2v) is 5.26. The van der Waals surface area contributed by atoms with Crippen LogP contribution in [0.5, 0.6) is 5.75 Å². The highest BCUT2D eigenvalue weighted by Gasteiger charge is 2.17. The molecule has 1 heterocycles. The molecule has 0 amide bonds. The van der Waals surface area contributed by atoms with Gasteiger partial charge in [-0.15, -0.1) is 0 Å². The first-order chi connectivity index (χ1) is 8.05. The zero-order valence-electron chi connectivity index (χ0n) is 10.7. The molecule has 0 aromatic heterocycles. The maximum absolute atomic E-state index is 5.68.